The van der Waals surface area contributed by atoms with Crippen LogP contribution in [0.5, 0.6) is 0 Å². The van der Waals surface area contributed by atoms with Gasteiger partial charge in [0, 0.05) is 0 Å². The van der Waals surface area contributed by atoms with Crippen LogP contribution in [-0.2, 0) is 16.0 Å². The molecule has 0 aliphatic carbocycles. The topological polar surface area (TPSA) is 82.8 Å². The van der Waals surface area contributed by atoms with Gasteiger partial charge in [-0.25, -0.2) is 0 Å². The largest absolute Gasteiger partial charge is 0.469 e. The second-order valence-electron chi connectivity index (χ2n) is 3.47. The molecule has 0 unspecified atom stereocenters. The first-order valence-corrected chi connectivity index (χ1v) is 4.96. The molecule has 7 heteroatoms. The van der Waals surface area contributed by atoms with Crippen LogP contribution < -0.4 is 0 Å². The second kappa shape index (κ2) is 4.69. The van der Waals surface area contributed by atoms with Crippen molar-refractivity contribution in [2.45, 2.75) is 13.3 Å². The van der Waals surface area contributed by atoms with Gasteiger partial charge in [0.05, 0.1) is 31.1 Å². The number of hydrogen-bond acceptors (Lipinski definition) is 6. The van der Waals surface area contributed by atoms with E-state index >= 15 is 0 Å². The van der Waals surface area contributed by atoms with Crippen molar-refractivity contribution in [3.63, 3.8) is 0 Å². The maximum absolute atomic E-state index is 11.1. The molecule has 2 rings (SSSR count). The number of rotatable bonds is 3. The Bertz CT molecular complexity index is 523. The maximum atomic E-state index is 11.1. The van der Waals surface area contributed by atoms with Gasteiger partial charge < -0.3 is 4.74 Å². The van der Waals surface area contributed by atoms with Crippen LogP contribution in [0.2, 0.25) is 0 Å². The molecule has 0 fully saturated rings. The normalized spacial score (nSPS) is 10.2. The smallest absolute Gasteiger partial charge is 0.311 e. The molecular weight excluding hydrogens is 222 g/mol. The minimum absolute atomic E-state index is 0.160. The summed E-state index contributed by atoms with van der Waals surface area (Å²) in [5.74, 6) is -0.313. The first kappa shape index (κ1) is 11.2. The molecule has 0 bridgehead atoms. The van der Waals surface area contributed by atoms with Crippen molar-refractivity contribution in [2.24, 2.45) is 0 Å². The Kier molecular flexibility index (Phi) is 3.08. The first-order chi connectivity index (χ1) is 8.20. The molecule has 0 radical (unpaired) electrons. The molecule has 0 saturated carbocycles. The number of pyridine rings is 1. The number of carbonyl (C=O) groups is 1. The number of methoxy groups -OCH3 is 1. The van der Waals surface area contributed by atoms with E-state index in [1.54, 1.807) is 6.20 Å². The third-order valence-corrected chi connectivity index (χ3v) is 2.29. The number of ether oxygens (including phenoxy) is 1. The van der Waals surface area contributed by atoms with Gasteiger partial charge in [0.2, 0.25) is 0 Å². The molecule has 7 nitrogen and oxygen atoms in total. The second-order valence-corrected chi connectivity index (χ2v) is 3.47. The fourth-order valence-corrected chi connectivity index (χ4v) is 1.44. The van der Waals surface area contributed by atoms with E-state index < -0.39 is 0 Å². The van der Waals surface area contributed by atoms with Gasteiger partial charge in [0.25, 0.3) is 0 Å². The molecule has 2 aromatic heterocycles. The van der Waals surface area contributed by atoms with E-state index in [2.05, 4.69) is 25.2 Å². The van der Waals surface area contributed by atoms with Gasteiger partial charge in [-0.2, -0.15) is 4.68 Å². The first-order valence-electron chi connectivity index (χ1n) is 4.96. The molecule has 0 spiro atoms. The standard InChI is InChI=1S/C10H11N5O2/c1-7-3-8(4-10(16)17-2)11-5-9(7)15-6-12-13-14-15/h3,5-6H,4H2,1-2H3. The van der Waals surface area contributed by atoms with Crippen LogP contribution in [0.4, 0.5) is 0 Å². The van der Waals surface area contributed by atoms with Crippen LogP contribution in [0.25, 0.3) is 5.69 Å². The number of esters is 1. The van der Waals surface area contributed by atoms with Crippen LogP contribution >= 0.6 is 0 Å². The third kappa shape index (κ3) is 2.44. The summed E-state index contributed by atoms with van der Waals surface area (Å²) in [7, 11) is 1.35. The number of aryl methyl sites for hydroxylation is 1. The zero-order valence-electron chi connectivity index (χ0n) is 9.49. The summed E-state index contributed by atoms with van der Waals surface area (Å²) < 4.78 is 6.10. The van der Waals surface area contributed by atoms with E-state index in [1.807, 2.05) is 13.0 Å². The Balaban J connectivity index is 2.26. The Morgan fingerprint density at radius 2 is 2.35 bits per heavy atom. The monoisotopic (exact) mass is 233 g/mol. The fourth-order valence-electron chi connectivity index (χ4n) is 1.44. The Labute approximate surface area is 97.4 Å². The summed E-state index contributed by atoms with van der Waals surface area (Å²) in [5.41, 5.74) is 2.38. The van der Waals surface area contributed by atoms with Crippen LogP contribution in [0.15, 0.2) is 18.6 Å². The minimum Gasteiger partial charge on any atom is -0.469 e. The highest BCUT2D eigenvalue weighted by Crippen LogP contribution is 2.12. The molecule has 2 heterocycles. The minimum atomic E-state index is -0.313. The maximum Gasteiger partial charge on any atom is 0.311 e. The molecule has 0 aromatic carbocycles. The lowest BCUT2D eigenvalue weighted by Crippen LogP contribution is -2.07. The predicted molar refractivity (Wildman–Crippen MR) is 57.4 cm³/mol. The lowest BCUT2D eigenvalue weighted by atomic mass is 10.2. The van der Waals surface area contributed by atoms with E-state index in [0.29, 0.717) is 5.69 Å². The zero-order valence-corrected chi connectivity index (χ0v) is 9.49. The quantitative estimate of drug-likeness (QED) is 0.698. The van der Waals surface area contributed by atoms with E-state index in [0.717, 1.165) is 11.3 Å². The number of hydrogen-bond donors (Lipinski definition) is 0. The van der Waals surface area contributed by atoms with Crippen molar-refractivity contribution >= 4 is 5.97 Å². The van der Waals surface area contributed by atoms with Gasteiger partial charge in [-0.3, -0.25) is 9.78 Å². The Morgan fingerprint density at radius 1 is 1.53 bits per heavy atom. The van der Waals surface area contributed by atoms with Gasteiger partial charge >= 0.3 is 5.97 Å². The summed E-state index contributed by atoms with van der Waals surface area (Å²) >= 11 is 0. The number of carbonyl (C=O) groups excluding carboxylic acids is 1. The van der Waals surface area contributed by atoms with Crippen molar-refractivity contribution < 1.29 is 9.53 Å². The molecule has 0 N–H and O–H groups in total. The molecule has 0 amide bonds. The Morgan fingerprint density at radius 3 is 2.94 bits per heavy atom. The molecule has 88 valence electrons. The number of aromatic nitrogens is 5. The van der Waals surface area contributed by atoms with Gasteiger partial charge in [0.1, 0.15) is 6.33 Å². The average molecular weight is 233 g/mol. The predicted octanol–water partition coefficient (Wildman–Crippen LogP) is 0.0812. The highest BCUT2D eigenvalue weighted by Gasteiger charge is 2.08. The summed E-state index contributed by atoms with van der Waals surface area (Å²) in [6.45, 7) is 1.90. The van der Waals surface area contributed by atoms with Gasteiger partial charge in [-0.15, -0.1) is 5.10 Å². The Hall–Kier alpha value is -2.31. The van der Waals surface area contributed by atoms with Crippen molar-refractivity contribution in [3.05, 3.63) is 29.8 Å². The van der Waals surface area contributed by atoms with Crippen molar-refractivity contribution in [2.75, 3.05) is 7.11 Å². The van der Waals surface area contributed by atoms with Crippen molar-refractivity contribution in [1.82, 2.24) is 25.2 Å². The van der Waals surface area contributed by atoms with Crippen LogP contribution in [0.1, 0.15) is 11.3 Å². The van der Waals surface area contributed by atoms with Gasteiger partial charge in [-0.05, 0) is 29.0 Å². The molecular formula is C10H11N5O2. The molecule has 0 aliphatic rings. The van der Waals surface area contributed by atoms with E-state index in [4.69, 9.17) is 0 Å². The van der Waals surface area contributed by atoms with Crippen LogP contribution in [-0.4, -0.2) is 38.3 Å². The number of nitrogens with zero attached hydrogens (tertiary/aromatic N) is 5. The lowest BCUT2D eigenvalue weighted by molar-refractivity contribution is -0.139. The van der Waals surface area contributed by atoms with Crippen molar-refractivity contribution in [3.8, 4) is 5.69 Å². The summed E-state index contributed by atoms with van der Waals surface area (Å²) in [4.78, 5) is 15.3. The number of tetrazole rings is 1. The van der Waals surface area contributed by atoms with Crippen LogP contribution in [0.3, 0.4) is 0 Å². The molecule has 0 saturated heterocycles. The SMILES string of the molecule is COC(=O)Cc1cc(C)c(-n2cnnn2)cn1. The fraction of sp³-hybridized carbons (Fsp3) is 0.300. The summed E-state index contributed by atoms with van der Waals surface area (Å²) in [5, 5.41) is 10.9. The van der Waals surface area contributed by atoms with Crippen LogP contribution in [0, 0.1) is 6.92 Å². The summed E-state index contributed by atoms with van der Waals surface area (Å²) in [6, 6.07) is 1.81. The van der Waals surface area contributed by atoms with Crippen molar-refractivity contribution in [1.29, 1.82) is 0 Å². The van der Waals surface area contributed by atoms with E-state index in [-0.39, 0.29) is 12.4 Å². The molecule has 17 heavy (non-hydrogen) atoms. The molecule has 0 aliphatic heterocycles. The highest BCUT2D eigenvalue weighted by atomic mass is 16.5. The zero-order chi connectivity index (χ0) is 12.3. The van der Waals surface area contributed by atoms with E-state index in [9.17, 15) is 4.79 Å². The van der Waals surface area contributed by atoms with E-state index in [1.165, 1.54) is 18.1 Å². The third-order valence-electron chi connectivity index (χ3n) is 2.29. The molecule has 0 atom stereocenters. The van der Waals surface area contributed by atoms with Gasteiger partial charge in [0.15, 0.2) is 0 Å². The molecule has 2 aromatic rings. The van der Waals surface area contributed by atoms with Gasteiger partial charge in [-0.1, -0.05) is 0 Å². The average Bonchev–Trinajstić information content (AvgIpc) is 2.82. The lowest BCUT2D eigenvalue weighted by Gasteiger charge is -2.05. The summed E-state index contributed by atoms with van der Waals surface area (Å²) in [6.07, 6.45) is 3.28. The highest BCUT2D eigenvalue weighted by molar-refractivity contribution is 5.71.